The summed E-state index contributed by atoms with van der Waals surface area (Å²) in [6.45, 7) is 6.07. The zero-order chi connectivity index (χ0) is 19.5. The predicted molar refractivity (Wildman–Crippen MR) is 107 cm³/mol. The van der Waals surface area contributed by atoms with Gasteiger partial charge in [0.1, 0.15) is 0 Å². The van der Waals surface area contributed by atoms with Crippen LogP contribution < -0.4 is 11.0 Å². The van der Waals surface area contributed by atoms with Crippen molar-refractivity contribution in [2.45, 2.75) is 32.9 Å². The summed E-state index contributed by atoms with van der Waals surface area (Å²) < 4.78 is 1.32. The fraction of sp³-hybridized carbons (Fsp3) is 0.381. The molecule has 0 unspecified atom stereocenters. The molecule has 7 heteroatoms. The molecule has 0 radical (unpaired) electrons. The monoisotopic (exact) mass is 379 g/mol. The molecule has 0 spiro atoms. The number of nitrogens with one attached hydrogen (secondary N) is 2. The number of hydrogen-bond acceptors (Lipinski definition) is 4. The van der Waals surface area contributed by atoms with E-state index < -0.39 is 0 Å². The number of nitrogens with zero attached hydrogens (tertiary/aromatic N) is 3. The number of benzene rings is 1. The van der Waals surface area contributed by atoms with E-state index >= 15 is 0 Å². The molecule has 1 amide bonds. The number of H-pyrrole nitrogens is 1. The Hall–Kier alpha value is -2.93. The Morgan fingerprint density at radius 2 is 1.89 bits per heavy atom. The van der Waals surface area contributed by atoms with Crippen LogP contribution in [0.2, 0.25) is 0 Å². The highest BCUT2D eigenvalue weighted by Crippen LogP contribution is 2.18. The quantitative estimate of drug-likeness (QED) is 0.712. The Balaban J connectivity index is 1.35. The van der Waals surface area contributed by atoms with Crippen LogP contribution in [0.3, 0.4) is 0 Å². The molecule has 1 saturated heterocycles. The number of carbonyl (C=O) groups excluding carboxylic acids is 1. The summed E-state index contributed by atoms with van der Waals surface area (Å²) in [6, 6.07) is 11.7. The third-order valence-electron chi connectivity index (χ3n) is 5.45. The van der Waals surface area contributed by atoms with Crippen LogP contribution >= 0.6 is 0 Å². The number of amides is 1. The minimum absolute atomic E-state index is 0.254. The topological polar surface area (TPSA) is 82.5 Å². The molecule has 1 aliphatic rings. The van der Waals surface area contributed by atoms with Gasteiger partial charge >= 0.3 is 5.69 Å². The maximum Gasteiger partial charge on any atom is 0.347 e. The van der Waals surface area contributed by atoms with E-state index in [4.69, 9.17) is 0 Å². The van der Waals surface area contributed by atoms with Crippen molar-refractivity contribution >= 4 is 11.6 Å². The number of aromatic nitrogens is 3. The molecule has 2 aromatic heterocycles. The molecule has 0 saturated carbocycles. The Morgan fingerprint density at radius 1 is 1.18 bits per heavy atom. The lowest BCUT2D eigenvalue weighted by molar-refractivity contribution is 0.0952. The summed E-state index contributed by atoms with van der Waals surface area (Å²) in [4.78, 5) is 26.6. The Kier molecular flexibility index (Phi) is 5.25. The highest BCUT2D eigenvalue weighted by Gasteiger charge is 2.16. The molecule has 2 N–H and O–H groups in total. The van der Waals surface area contributed by atoms with Gasteiger partial charge in [0.25, 0.3) is 5.91 Å². The van der Waals surface area contributed by atoms with E-state index in [1.807, 2.05) is 0 Å². The molecule has 0 aliphatic carbocycles. The first-order valence-electron chi connectivity index (χ1n) is 9.74. The first kappa shape index (κ1) is 18.4. The van der Waals surface area contributed by atoms with Crippen LogP contribution in [0.5, 0.6) is 0 Å². The van der Waals surface area contributed by atoms with Gasteiger partial charge < -0.3 is 5.32 Å². The van der Waals surface area contributed by atoms with Crippen LogP contribution in [0.15, 0.2) is 47.4 Å². The Bertz CT molecular complexity index is 1010. The van der Waals surface area contributed by atoms with Gasteiger partial charge in [0.05, 0.1) is 5.56 Å². The van der Waals surface area contributed by atoms with Crippen molar-refractivity contribution in [1.82, 2.24) is 24.8 Å². The summed E-state index contributed by atoms with van der Waals surface area (Å²) in [5, 5.41) is 9.19. The fourth-order valence-corrected chi connectivity index (χ4v) is 3.63. The lowest BCUT2D eigenvalue weighted by Gasteiger charge is -2.30. The molecular weight excluding hydrogens is 354 g/mol. The first-order valence-corrected chi connectivity index (χ1v) is 9.74. The summed E-state index contributed by atoms with van der Waals surface area (Å²) in [6.07, 6.45) is 4.14. The maximum atomic E-state index is 12.5. The lowest BCUT2D eigenvalue weighted by Crippen LogP contribution is -2.32. The number of piperidine rings is 1. The van der Waals surface area contributed by atoms with Gasteiger partial charge in [0.15, 0.2) is 5.65 Å². The van der Waals surface area contributed by atoms with Gasteiger partial charge in [-0.05, 0) is 55.1 Å². The van der Waals surface area contributed by atoms with Gasteiger partial charge in [0, 0.05) is 19.3 Å². The molecule has 3 aromatic rings. The number of fused-ring (bicyclic) bond motifs is 1. The van der Waals surface area contributed by atoms with E-state index in [1.54, 1.807) is 18.3 Å². The summed E-state index contributed by atoms with van der Waals surface area (Å²) in [5.41, 5.74) is 2.68. The normalized spacial score (nSPS) is 15.8. The molecule has 4 rings (SSSR count). The predicted octanol–water partition coefficient (Wildman–Crippen LogP) is 2.18. The van der Waals surface area contributed by atoms with Gasteiger partial charge in [-0.2, -0.15) is 5.10 Å². The van der Waals surface area contributed by atoms with Crippen LogP contribution in [0, 0.1) is 5.92 Å². The van der Waals surface area contributed by atoms with Gasteiger partial charge in [-0.3, -0.25) is 9.69 Å². The van der Waals surface area contributed by atoms with Crippen LogP contribution in [-0.2, 0) is 13.1 Å². The third-order valence-corrected chi connectivity index (χ3v) is 5.45. The highest BCUT2D eigenvalue weighted by molar-refractivity contribution is 5.99. The maximum absolute atomic E-state index is 12.5. The number of carbonyl (C=O) groups is 1. The summed E-state index contributed by atoms with van der Waals surface area (Å²) in [5.74, 6) is 0.587. The van der Waals surface area contributed by atoms with E-state index in [9.17, 15) is 9.59 Å². The average Bonchev–Trinajstić information content (AvgIpc) is 3.10. The molecule has 7 nitrogen and oxygen atoms in total. The Morgan fingerprint density at radius 3 is 2.64 bits per heavy atom. The van der Waals surface area contributed by atoms with Gasteiger partial charge in [-0.1, -0.05) is 31.2 Å². The van der Waals surface area contributed by atoms with Gasteiger partial charge in [-0.25, -0.2) is 14.3 Å². The molecule has 1 aromatic carbocycles. The molecule has 1 aliphatic heterocycles. The molecule has 0 atom stereocenters. The summed E-state index contributed by atoms with van der Waals surface area (Å²) in [7, 11) is 0. The van der Waals surface area contributed by atoms with E-state index in [0.717, 1.165) is 18.0 Å². The van der Waals surface area contributed by atoms with E-state index in [-0.39, 0.29) is 11.6 Å². The van der Waals surface area contributed by atoms with Crippen LogP contribution in [0.25, 0.3) is 5.65 Å². The molecular formula is C21H25N5O2. The molecule has 146 valence electrons. The second-order valence-corrected chi connectivity index (χ2v) is 7.60. The number of likely N-dealkylation sites (tertiary alicyclic amines) is 1. The molecule has 0 bridgehead atoms. The van der Waals surface area contributed by atoms with Crippen molar-refractivity contribution in [3.8, 4) is 0 Å². The molecule has 3 heterocycles. The first-order chi connectivity index (χ1) is 13.6. The van der Waals surface area contributed by atoms with Crippen molar-refractivity contribution in [2.24, 2.45) is 5.92 Å². The number of rotatable bonds is 5. The minimum Gasteiger partial charge on any atom is -0.348 e. The van der Waals surface area contributed by atoms with E-state index in [1.165, 1.54) is 35.9 Å². The van der Waals surface area contributed by atoms with E-state index in [2.05, 4.69) is 51.6 Å². The van der Waals surface area contributed by atoms with Crippen LogP contribution in [0.1, 0.15) is 41.3 Å². The van der Waals surface area contributed by atoms with Gasteiger partial charge in [0.2, 0.25) is 0 Å². The number of aromatic amines is 1. The fourth-order valence-electron chi connectivity index (χ4n) is 3.63. The van der Waals surface area contributed by atoms with Crippen molar-refractivity contribution in [3.05, 3.63) is 69.8 Å². The smallest absolute Gasteiger partial charge is 0.347 e. The minimum atomic E-state index is -0.358. The SMILES string of the molecule is CC1CCN(Cc2ccc(CNC(=O)c3cccn4c(=O)[nH]nc34)cc2)CC1. The largest absolute Gasteiger partial charge is 0.348 e. The highest BCUT2D eigenvalue weighted by atomic mass is 16.2. The lowest BCUT2D eigenvalue weighted by atomic mass is 9.99. The van der Waals surface area contributed by atoms with Crippen LogP contribution in [-0.4, -0.2) is 38.5 Å². The molecule has 28 heavy (non-hydrogen) atoms. The average molecular weight is 379 g/mol. The van der Waals surface area contributed by atoms with Gasteiger partial charge in [-0.15, -0.1) is 0 Å². The van der Waals surface area contributed by atoms with Crippen molar-refractivity contribution in [2.75, 3.05) is 13.1 Å². The van der Waals surface area contributed by atoms with Crippen molar-refractivity contribution in [3.63, 3.8) is 0 Å². The zero-order valence-corrected chi connectivity index (χ0v) is 16.0. The standard InChI is InChI=1S/C21H25N5O2/c1-15-8-11-25(12-9-15)14-17-6-4-16(5-7-17)13-22-20(27)18-3-2-10-26-19(18)23-24-21(26)28/h2-7,10,15H,8-9,11-14H2,1H3,(H,22,27)(H,24,28). The second-order valence-electron chi connectivity index (χ2n) is 7.60. The molecule has 1 fully saturated rings. The van der Waals surface area contributed by atoms with E-state index in [0.29, 0.717) is 17.8 Å². The van der Waals surface area contributed by atoms with Crippen molar-refractivity contribution < 1.29 is 4.79 Å². The Labute approximate surface area is 163 Å². The number of pyridine rings is 1. The number of hydrogen-bond donors (Lipinski definition) is 2. The van der Waals surface area contributed by atoms with Crippen molar-refractivity contribution in [1.29, 1.82) is 0 Å². The van der Waals surface area contributed by atoms with Crippen LogP contribution in [0.4, 0.5) is 0 Å². The zero-order valence-electron chi connectivity index (χ0n) is 16.0. The summed E-state index contributed by atoms with van der Waals surface area (Å²) >= 11 is 0. The third kappa shape index (κ3) is 3.99. The second kappa shape index (κ2) is 7.98.